The quantitative estimate of drug-likeness (QED) is 0.550. The Bertz CT molecular complexity index is 545. The SMILES string of the molecule is CCCOc1cc(CCCN2CCNCC2)c([N+](=O)[O-])cc1OC. The molecule has 7 heteroatoms. The average Bonchev–Trinajstić information content (AvgIpc) is 2.60. The van der Waals surface area contributed by atoms with Gasteiger partial charge in [0.1, 0.15) is 0 Å². The minimum absolute atomic E-state index is 0.107. The Hall–Kier alpha value is -1.86. The summed E-state index contributed by atoms with van der Waals surface area (Å²) in [5.41, 5.74) is 0.818. The lowest BCUT2D eigenvalue weighted by atomic mass is 10.1. The lowest BCUT2D eigenvalue weighted by Crippen LogP contribution is -2.43. The van der Waals surface area contributed by atoms with Gasteiger partial charge in [0.15, 0.2) is 11.5 Å². The zero-order chi connectivity index (χ0) is 17.4. The maximum atomic E-state index is 11.4. The number of nitrogens with one attached hydrogen (secondary N) is 1. The number of hydrogen-bond acceptors (Lipinski definition) is 6. The highest BCUT2D eigenvalue weighted by Crippen LogP contribution is 2.35. The van der Waals surface area contributed by atoms with Crippen molar-refractivity contribution in [1.29, 1.82) is 0 Å². The highest BCUT2D eigenvalue weighted by atomic mass is 16.6. The van der Waals surface area contributed by atoms with Gasteiger partial charge < -0.3 is 19.7 Å². The summed E-state index contributed by atoms with van der Waals surface area (Å²) in [6.45, 7) is 7.64. The van der Waals surface area contributed by atoms with E-state index in [-0.39, 0.29) is 10.6 Å². The van der Waals surface area contributed by atoms with Crippen molar-refractivity contribution >= 4 is 5.69 Å². The number of nitrogens with zero attached hydrogens (tertiary/aromatic N) is 2. The Morgan fingerprint density at radius 2 is 2.04 bits per heavy atom. The Labute approximate surface area is 143 Å². The maximum Gasteiger partial charge on any atom is 0.276 e. The first-order valence-corrected chi connectivity index (χ1v) is 8.57. The van der Waals surface area contributed by atoms with Crippen LogP contribution >= 0.6 is 0 Å². The zero-order valence-corrected chi connectivity index (χ0v) is 14.5. The fourth-order valence-electron chi connectivity index (χ4n) is 2.87. The van der Waals surface area contributed by atoms with Crippen molar-refractivity contribution in [2.45, 2.75) is 26.2 Å². The van der Waals surface area contributed by atoms with Crippen LogP contribution in [0.2, 0.25) is 0 Å². The number of benzene rings is 1. The summed E-state index contributed by atoms with van der Waals surface area (Å²) >= 11 is 0. The molecule has 0 unspecified atom stereocenters. The average molecular weight is 337 g/mol. The molecule has 1 aromatic carbocycles. The van der Waals surface area contributed by atoms with Gasteiger partial charge in [0.05, 0.1) is 24.7 Å². The molecule has 0 spiro atoms. The Balaban J connectivity index is 2.08. The molecule has 1 aliphatic heterocycles. The number of methoxy groups -OCH3 is 1. The van der Waals surface area contributed by atoms with Crippen LogP contribution in [0.3, 0.4) is 0 Å². The first-order chi connectivity index (χ1) is 11.7. The molecule has 1 aliphatic rings. The van der Waals surface area contributed by atoms with E-state index in [2.05, 4.69) is 10.2 Å². The lowest BCUT2D eigenvalue weighted by Gasteiger charge is -2.27. The van der Waals surface area contributed by atoms with Crippen molar-refractivity contribution in [1.82, 2.24) is 10.2 Å². The summed E-state index contributed by atoms with van der Waals surface area (Å²) in [4.78, 5) is 13.4. The van der Waals surface area contributed by atoms with E-state index in [1.54, 1.807) is 6.07 Å². The molecule has 1 N–H and O–H groups in total. The van der Waals surface area contributed by atoms with Crippen molar-refractivity contribution in [3.05, 3.63) is 27.8 Å². The first kappa shape index (κ1) is 18.5. The van der Waals surface area contributed by atoms with Crippen LogP contribution < -0.4 is 14.8 Å². The summed E-state index contributed by atoms with van der Waals surface area (Å²) in [5, 5.41) is 14.7. The van der Waals surface area contributed by atoms with Crippen LogP contribution in [0.5, 0.6) is 11.5 Å². The van der Waals surface area contributed by atoms with Crippen LogP contribution in [0, 0.1) is 10.1 Å². The predicted octanol–water partition coefficient (Wildman–Crippen LogP) is 2.23. The van der Waals surface area contributed by atoms with Crippen LogP contribution in [0.4, 0.5) is 5.69 Å². The van der Waals surface area contributed by atoms with Crippen LogP contribution in [-0.4, -0.2) is 56.3 Å². The Kier molecular flexibility index (Phi) is 7.27. The van der Waals surface area contributed by atoms with Gasteiger partial charge in [0.2, 0.25) is 0 Å². The molecule has 24 heavy (non-hydrogen) atoms. The second-order valence-electron chi connectivity index (χ2n) is 5.93. The third-order valence-electron chi connectivity index (χ3n) is 4.15. The molecule has 0 bridgehead atoms. The lowest BCUT2D eigenvalue weighted by molar-refractivity contribution is -0.385. The molecule has 1 aromatic rings. The minimum atomic E-state index is -0.341. The number of rotatable bonds is 9. The number of aryl methyl sites for hydroxylation is 1. The molecular weight excluding hydrogens is 310 g/mol. The molecule has 0 radical (unpaired) electrons. The van der Waals surface area contributed by atoms with E-state index in [0.717, 1.165) is 45.6 Å². The Morgan fingerprint density at radius 3 is 2.67 bits per heavy atom. The summed E-state index contributed by atoms with van der Waals surface area (Å²) in [6.07, 6.45) is 2.42. The van der Waals surface area contributed by atoms with E-state index in [0.29, 0.717) is 30.1 Å². The summed E-state index contributed by atoms with van der Waals surface area (Å²) in [7, 11) is 1.50. The monoisotopic (exact) mass is 337 g/mol. The number of nitro groups is 1. The summed E-state index contributed by atoms with van der Waals surface area (Å²) in [5.74, 6) is 1.00. The van der Waals surface area contributed by atoms with E-state index in [1.165, 1.54) is 13.2 Å². The van der Waals surface area contributed by atoms with Crippen LogP contribution in [-0.2, 0) is 6.42 Å². The largest absolute Gasteiger partial charge is 0.493 e. The molecule has 0 atom stereocenters. The van der Waals surface area contributed by atoms with Crippen molar-refractivity contribution < 1.29 is 14.4 Å². The molecule has 1 saturated heterocycles. The first-order valence-electron chi connectivity index (χ1n) is 8.57. The van der Waals surface area contributed by atoms with Gasteiger partial charge in [-0.05, 0) is 31.9 Å². The number of ether oxygens (including phenoxy) is 2. The van der Waals surface area contributed by atoms with Gasteiger partial charge in [0.25, 0.3) is 5.69 Å². The maximum absolute atomic E-state index is 11.4. The smallest absolute Gasteiger partial charge is 0.276 e. The third kappa shape index (κ3) is 5.07. The molecule has 1 heterocycles. The second kappa shape index (κ2) is 9.44. The van der Waals surface area contributed by atoms with Crippen molar-refractivity contribution in [2.24, 2.45) is 0 Å². The highest BCUT2D eigenvalue weighted by Gasteiger charge is 2.20. The molecular formula is C17H27N3O4. The van der Waals surface area contributed by atoms with E-state index in [1.807, 2.05) is 6.92 Å². The minimum Gasteiger partial charge on any atom is -0.493 e. The van der Waals surface area contributed by atoms with Gasteiger partial charge in [-0.15, -0.1) is 0 Å². The summed E-state index contributed by atoms with van der Waals surface area (Å²) < 4.78 is 10.9. The van der Waals surface area contributed by atoms with E-state index in [4.69, 9.17) is 9.47 Å². The van der Waals surface area contributed by atoms with Crippen LogP contribution in [0.25, 0.3) is 0 Å². The number of nitro benzene ring substituents is 1. The van der Waals surface area contributed by atoms with E-state index in [9.17, 15) is 10.1 Å². The zero-order valence-electron chi connectivity index (χ0n) is 14.5. The van der Waals surface area contributed by atoms with Crippen molar-refractivity contribution in [3.8, 4) is 11.5 Å². The molecule has 0 aliphatic carbocycles. The van der Waals surface area contributed by atoms with Gasteiger partial charge >= 0.3 is 0 Å². The standard InChI is InChI=1S/C17H27N3O4/c1-3-11-24-17-12-14(15(20(21)22)13-16(17)23-2)5-4-8-19-9-6-18-7-10-19/h12-13,18H,3-11H2,1-2H3. The van der Waals surface area contributed by atoms with Gasteiger partial charge in [0, 0.05) is 31.7 Å². The Morgan fingerprint density at radius 1 is 1.29 bits per heavy atom. The van der Waals surface area contributed by atoms with Crippen LogP contribution in [0.15, 0.2) is 12.1 Å². The van der Waals surface area contributed by atoms with Crippen molar-refractivity contribution in [3.63, 3.8) is 0 Å². The molecule has 1 fully saturated rings. The van der Waals surface area contributed by atoms with E-state index < -0.39 is 0 Å². The van der Waals surface area contributed by atoms with Gasteiger partial charge in [-0.1, -0.05) is 6.92 Å². The van der Waals surface area contributed by atoms with Gasteiger partial charge in [-0.2, -0.15) is 0 Å². The molecule has 0 saturated carbocycles. The van der Waals surface area contributed by atoms with Crippen LogP contribution in [0.1, 0.15) is 25.3 Å². The number of piperazine rings is 1. The molecule has 2 rings (SSSR count). The molecule has 7 nitrogen and oxygen atoms in total. The summed E-state index contributed by atoms with van der Waals surface area (Å²) in [6, 6.07) is 3.25. The van der Waals surface area contributed by atoms with E-state index >= 15 is 0 Å². The topological polar surface area (TPSA) is 76.9 Å². The molecule has 0 amide bonds. The third-order valence-corrected chi connectivity index (χ3v) is 4.15. The van der Waals surface area contributed by atoms with Gasteiger partial charge in [-0.25, -0.2) is 0 Å². The van der Waals surface area contributed by atoms with Gasteiger partial charge in [-0.3, -0.25) is 10.1 Å². The highest BCUT2D eigenvalue weighted by molar-refractivity contribution is 5.54. The molecule has 134 valence electrons. The normalized spacial score (nSPS) is 15.2. The fraction of sp³-hybridized carbons (Fsp3) is 0.647. The predicted molar refractivity (Wildman–Crippen MR) is 93.1 cm³/mol. The second-order valence-corrected chi connectivity index (χ2v) is 5.93. The fourth-order valence-corrected chi connectivity index (χ4v) is 2.87. The number of hydrogen-bond donors (Lipinski definition) is 1. The van der Waals surface area contributed by atoms with Crippen molar-refractivity contribution in [2.75, 3.05) is 46.4 Å². The molecule has 0 aromatic heterocycles.